The molecule has 3 nitrogen and oxygen atoms in total. The van der Waals surface area contributed by atoms with E-state index in [4.69, 9.17) is 0 Å². The Kier molecular flexibility index (Phi) is 3.38. The van der Waals surface area contributed by atoms with E-state index in [1.54, 1.807) is 0 Å². The van der Waals surface area contributed by atoms with E-state index in [9.17, 15) is 0 Å². The Hall–Kier alpha value is -1.61. The van der Waals surface area contributed by atoms with Gasteiger partial charge in [-0.25, -0.2) is 0 Å². The van der Waals surface area contributed by atoms with Crippen LogP contribution in [0.1, 0.15) is 35.6 Å². The van der Waals surface area contributed by atoms with Crippen molar-refractivity contribution in [3.05, 3.63) is 41.2 Å². The number of nitrogens with one attached hydrogen (secondary N) is 2. The van der Waals surface area contributed by atoms with Crippen molar-refractivity contribution in [3.63, 3.8) is 0 Å². The monoisotopic (exact) mass is 255 g/mol. The van der Waals surface area contributed by atoms with Gasteiger partial charge in [-0.15, -0.1) is 0 Å². The van der Waals surface area contributed by atoms with Crippen LogP contribution in [0.4, 0.5) is 0 Å². The number of aromatic amines is 1. The van der Waals surface area contributed by atoms with Gasteiger partial charge in [-0.1, -0.05) is 23.8 Å². The maximum Gasteiger partial charge on any atom is 0.0568 e. The molecule has 2 N–H and O–H groups in total. The van der Waals surface area contributed by atoms with Crippen molar-refractivity contribution in [1.82, 2.24) is 15.5 Å². The van der Waals surface area contributed by atoms with E-state index in [-0.39, 0.29) is 0 Å². The van der Waals surface area contributed by atoms with Crippen LogP contribution in [0.5, 0.6) is 0 Å². The Bertz CT molecular complexity index is 565. The summed E-state index contributed by atoms with van der Waals surface area (Å²) in [6.45, 7) is 6.51. The molecule has 1 aromatic heterocycles. The molecule has 0 radical (unpaired) electrons. The molecule has 19 heavy (non-hydrogen) atoms. The van der Waals surface area contributed by atoms with Crippen LogP contribution in [-0.2, 0) is 0 Å². The molecule has 0 saturated carbocycles. The number of hydrogen-bond acceptors (Lipinski definition) is 2. The van der Waals surface area contributed by atoms with Crippen molar-refractivity contribution in [2.45, 2.75) is 32.6 Å². The van der Waals surface area contributed by atoms with Crippen LogP contribution < -0.4 is 5.32 Å². The Morgan fingerprint density at radius 3 is 2.89 bits per heavy atom. The number of aryl methyl sites for hydroxylation is 2. The summed E-state index contributed by atoms with van der Waals surface area (Å²) in [5.41, 5.74) is 6.50. The quantitative estimate of drug-likeness (QED) is 0.865. The summed E-state index contributed by atoms with van der Waals surface area (Å²) in [6, 6.07) is 6.63. The second-order valence-corrected chi connectivity index (χ2v) is 5.56. The van der Waals surface area contributed by atoms with E-state index >= 15 is 0 Å². The lowest BCUT2D eigenvalue weighted by Gasteiger charge is -2.23. The summed E-state index contributed by atoms with van der Waals surface area (Å²) in [5, 5.41) is 11.0. The SMILES string of the molecule is Cc1ccc(C)c(-c2cn[nH]c2C2CCCNC2)c1. The third-order valence-corrected chi connectivity index (χ3v) is 4.06. The van der Waals surface area contributed by atoms with Gasteiger partial charge in [-0.2, -0.15) is 5.10 Å². The Morgan fingerprint density at radius 1 is 1.21 bits per heavy atom. The molecule has 1 fully saturated rings. The third-order valence-electron chi connectivity index (χ3n) is 4.06. The maximum absolute atomic E-state index is 4.29. The van der Waals surface area contributed by atoms with Crippen LogP contribution in [0.15, 0.2) is 24.4 Å². The fraction of sp³-hybridized carbons (Fsp3) is 0.438. The number of hydrogen-bond donors (Lipinski definition) is 2. The largest absolute Gasteiger partial charge is 0.316 e. The normalized spacial score (nSPS) is 19.6. The molecule has 3 rings (SSSR count). The standard InChI is InChI=1S/C16H21N3/c1-11-5-6-12(2)14(8-11)15-10-18-19-16(15)13-4-3-7-17-9-13/h5-6,8,10,13,17H,3-4,7,9H2,1-2H3,(H,18,19). The smallest absolute Gasteiger partial charge is 0.0568 e. The van der Waals surface area contributed by atoms with Gasteiger partial charge in [0.25, 0.3) is 0 Å². The zero-order valence-electron chi connectivity index (χ0n) is 11.7. The van der Waals surface area contributed by atoms with Crippen LogP contribution >= 0.6 is 0 Å². The lowest BCUT2D eigenvalue weighted by Crippen LogP contribution is -2.28. The molecular formula is C16H21N3. The van der Waals surface area contributed by atoms with Crippen LogP contribution in [0.3, 0.4) is 0 Å². The van der Waals surface area contributed by atoms with Crippen LogP contribution in [0.2, 0.25) is 0 Å². The molecule has 1 atom stereocenters. The highest BCUT2D eigenvalue weighted by Gasteiger charge is 2.21. The van der Waals surface area contributed by atoms with E-state index in [2.05, 4.69) is 47.6 Å². The van der Waals surface area contributed by atoms with Gasteiger partial charge in [0.05, 0.1) is 6.20 Å². The van der Waals surface area contributed by atoms with Crippen LogP contribution in [-0.4, -0.2) is 23.3 Å². The lowest BCUT2D eigenvalue weighted by molar-refractivity contribution is 0.455. The fourth-order valence-corrected chi connectivity index (χ4v) is 2.95. The molecule has 0 aliphatic carbocycles. The third kappa shape index (κ3) is 2.43. The van der Waals surface area contributed by atoms with Crippen molar-refractivity contribution in [3.8, 4) is 11.1 Å². The van der Waals surface area contributed by atoms with Gasteiger partial charge in [0.2, 0.25) is 0 Å². The minimum Gasteiger partial charge on any atom is -0.316 e. The summed E-state index contributed by atoms with van der Waals surface area (Å²) in [5.74, 6) is 0.561. The van der Waals surface area contributed by atoms with E-state index in [0.717, 1.165) is 13.1 Å². The Balaban J connectivity index is 2.01. The summed E-state index contributed by atoms with van der Waals surface area (Å²) in [7, 11) is 0. The van der Waals surface area contributed by atoms with Crippen molar-refractivity contribution in [2.75, 3.05) is 13.1 Å². The Morgan fingerprint density at radius 2 is 2.11 bits per heavy atom. The highest BCUT2D eigenvalue weighted by Crippen LogP contribution is 2.33. The van der Waals surface area contributed by atoms with Gasteiger partial charge in [0.1, 0.15) is 0 Å². The molecule has 2 heterocycles. The number of H-pyrrole nitrogens is 1. The molecule has 1 unspecified atom stereocenters. The molecule has 1 aliphatic heterocycles. The molecule has 1 aliphatic rings. The van der Waals surface area contributed by atoms with E-state index < -0.39 is 0 Å². The van der Waals surface area contributed by atoms with Crippen molar-refractivity contribution in [2.24, 2.45) is 0 Å². The molecular weight excluding hydrogens is 234 g/mol. The second-order valence-electron chi connectivity index (χ2n) is 5.56. The lowest BCUT2D eigenvalue weighted by atomic mass is 9.90. The highest BCUT2D eigenvalue weighted by molar-refractivity contribution is 5.70. The van der Waals surface area contributed by atoms with Gasteiger partial charge in [-0.3, -0.25) is 5.10 Å². The molecule has 0 bridgehead atoms. The van der Waals surface area contributed by atoms with E-state index in [0.29, 0.717) is 5.92 Å². The van der Waals surface area contributed by atoms with Crippen LogP contribution in [0.25, 0.3) is 11.1 Å². The van der Waals surface area contributed by atoms with Gasteiger partial charge in [0, 0.05) is 23.7 Å². The summed E-state index contributed by atoms with van der Waals surface area (Å²) < 4.78 is 0. The van der Waals surface area contributed by atoms with Gasteiger partial charge >= 0.3 is 0 Å². The zero-order valence-corrected chi connectivity index (χ0v) is 11.7. The zero-order chi connectivity index (χ0) is 13.2. The highest BCUT2D eigenvalue weighted by atomic mass is 15.1. The molecule has 1 aromatic carbocycles. The topological polar surface area (TPSA) is 40.7 Å². The average molecular weight is 255 g/mol. The molecule has 0 amide bonds. The predicted octanol–water partition coefficient (Wildman–Crippen LogP) is 3.16. The number of benzene rings is 1. The first-order chi connectivity index (χ1) is 9.25. The maximum atomic E-state index is 4.29. The van der Waals surface area contributed by atoms with Gasteiger partial charge < -0.3 is 5.32 Å². The number of aromatic nitrogens is 2. The summed E-state index contributed by atoms with van der Waals surface area (Å²) >= 11 is 0. The number of rotatable bonds is 2. The summed E-state index contributed by atoms with van der Waals surface area (Å²) in [4.78, 5) is 0. The average Bonchev–Trinajstić information content (AvgIpc) is 2.91. The molecule has 100 valence electrons. The summed E-state index contributed by atoms with van der Waals surface area (Å²) in [6.07, 6.45) is 4.47. The van der Waals surface area contributed by atoms with Crippen molar-refractivity contribution in [1.29, 1.82) is 0 Å². The van der Waals surface area contributed by atoms with Gasteiger partial charge in [-0.05, 0) is 44.4 Å². The molecule has 2 aromatic rings. The van der Waals surface area contributed by atoms with E-state index in [1.807, 2.05) is 6.20 Å². The molecule has 0 spiro atoms. The van der Waals surface area contributed by atoms with E-state index in [1.165, 1.54) is 40.8 Å². The molecule has 3 heteroatoms. The molecule has 1 saturated heterocycles. The van der Waals surface area contributed by atoms with Crippen LogP contribution in [0, 0.1) is 13.8 Å². The first-order valence-electron chi connectivity index (χ1n) is 7.07. The first kappa shape index (κ1) is 12.4. The minimum absolute atomic E-state index is 0.561. The van der Waals surface area contributed by atoms with Crippen molar-refractivity contribution >= 4 is 0 Å². The first-order valence-corrected chi connectivity index (χ1v) is 7.07. The number of nitrogens with zero attached hydrogens (tertiary/aromatic N) is 1. The van der Waals surface area contributed by atoms with Gasteiger partial charge in [0.15, 0.2) is 0 Å². The number of piperidine rings is 1. The van der Waals surface area contributed by atoms with Crippen molar-refractivity contribution < 1.29 is 0 Å². The second kappa shape index (κ2) is 5.17. The Labute approximate surface area is 114 Å². The predicted molar refractivity (Wildman–Crippen MR) is 78.3 cm³/mol. The fourth-order valence-electron chi connectivity index (χ4n) is 2.95. The minimum atomic E-state index is 0.561.